The van der Waals surface area contributed by atoms with Gasteiger partial charge in [-0.05, 0) is 334 Å². The fraction of sp³-hybridized carbons (Fsp3) is 0.510. The summed E-state index contributed by atoms with van der Waals surface area (Å²) >= 11 is 0. The van der Waals surface area contributed by atoms with Crippen molar-refractivity contribution >= 4 is 23.6 Å². The summed E-state index contributed by atoms with van der Waals surface area (Å²) < 4.78 is 55.9. The number of benzene rings is 8. The first-order valence-electron chi connectivity index (χ1n) is 43.3. The Morgan fingerprint density at radius 1 is 0.414 bits per heavy atom. The molecule has 14 nitrogen and oxygen atoms in total. The lowest BCUT2D eigenvalue weighted by atomic mass is 9.79. The van der Waals surface area contributed by atoms with E-state index in [-0.39, 0.29) is 18.1 Å². The van der Waals surface area contributed by atoms with E-state index < -0.39 is 5.60 Å². The Bertz CT molecular complexity index is 4480. The number of carbonyl (C=O) groups is 2. The number of methoxy groups -OCH3 is 7. The zero-order valence-corrected chi connectivity index (χ0v) is 74.4. The smallest absolute Gasteiger partial charge is 0.414 e. The molecule has 8 aromatic rings. The molecule has 3 aliphatic heterocycles. The highest BCUT2D eigenvalue weighted by atomic mass is 16.6. The molecule has 3 heterocycles. The monoisotopic (exact) mass is 1580 g/mol. The number of nitrogens with zero attached hydrogens (tertiary/aromatic N) is 2. The van der Waals surface area contributed by atoms with Crippen LogP contribution in [0.25, 0.3) is 11.1 Å². The van der Waals surface area contributed by atoms with Gasteiger partial charge in [0.05, 0.1) is 67.8 Å². The number of hydrogen-bond acceptors (Lipinski definition) is 12. The summed E-state index contributed by atoms with van der Waals surface area (Å²) in [5, 5.41) is 0. The zero-order valence-electron chi connectivity index (χ0n) is 74.4. The second-order valence-electron chi connectivity index (χ2n) is 33.7. The maximum atomic E-state index is 13.3. The number of anilines is 2. The van der Waals surface area contributed by atoms with Gasteiger partial charge in [-0.2, -0.15) is 0 Å². The number of carbonyl (C=O) groups excluding carboxylic acids is 2. The van der Waals surface area contributed by atoms with Crippen molar-refractivity contribution in [3.63, 3.8) is 0 Å². The van der Waals surface area contributed by atoms with E-state index in [0.29, 0.717) is 55.2 Å². The largest absolute Gasteiger partial charge is 0.497 e. The predicted octanol–water partition coefficient (Wildman–Crippen LogP) is 26.1. The second-order valence-corrected chi connectivity index (χ2v) is 33.7. The van der Waals surface area contributed by atoms with E-state index in [0.717, 1.165) is 131 Å². The van der Waals surface area contributed by atoms with Gasteiger partial charge in [-0.25, -0.2) is 9.59 Å². The topological polar surface area (TPSA) is 133 Å². The average Bonchev–Trinajstić information content (AvgIpc) is 1.61. The highest BCUT2D eigenvalue weighted by Crippen LogP contribution is 2.51. The zero-order chi connectivity index (χ0) is 83.7. The summed E-state index contributed by atoms with van der Waals surface area (Å²) in [6.45, 7) is 34.2. The van der Waals surface area contributed by atoms with E-state index in [2.05, 4.69) is 172 Å². The molecular weight excluding hydrogens is 1450 g/mol. The van der Waals surface area contributed by atoms with Crippen LogP contribution in [-0.2, 0) is 28.7 Å². The molecule has 0 spiro atoms. The van der Waals surface area contributed by atoms with E-state index in [1.54, 1.807) is 52.5 Å². The van der Waals surface area contributed by atoms with Gasteiger partial charge in [-0.15, -0.1) is 0 Å². The first-order valence-corrected chi connectivity index (χ1v) is 43.3. The van der Waals surface area contributed by atoms with Gasteiger partial charge in [0, 0.05) is 58.5 Å². The molecule has 4 aliphatic carbocycles. The number of fused-ring (bicyclic) bond motifs is 9. The van der Waals surface area contributed by atoms with E-state index in [4.69, 9.17) is 47.4 Å². The van der Waals surface area contributed by atoms with Crippen LogP contribution in [0.15, 0.2) is 115 Å². The van der Waals surface area contributed by atoms with E-state index in [1.165, 1.54) is 154 Å². The second kappa shape index (κ2) is 41.2. The van der Waals surface area contributed by atoms with Crippen LogP contribution in [0.3, 0.4) is 0 Å². The molecule has 0 unspecified atom stereocenters. The lowest BCUT2D eigenvalue weighted by Crippen LogP contribution is -2.40. The molecule has 6 atom stereocenters. The molecule has 0 bridgehead atoms. The first-order chi connectivity index (χ1) is 55.9. The Labute approximate surface area is 696 Å². The standard InChI is InChI=1S/C28H29NO3.C18H27NO3.C15H22O.C14H20O2.C14H20O.C13H18O2/c1-4-19-13-14-29(25-15-18(2)16-26(31-3)27(19)25)28(30)32-17-24-22-11-7-5-9-20(22)21-10-6-8-12-23(21)24;1-7-13-8-9-19(17(20)22-18(3,4)5)14-10-12(2)11-15(21-6)16(13)14;1-5-12-7-6-8-13-9-10(2)11(3)15(16-4)14(12)13;1-4-10-6-5-7-11-8-12(15-2)9-13(16-3)14(10)11;1-4-11-6-5-7-12-8-10(2)9-13(15-3)14(11)12;1-4-10-5-6-15-12-8-9(2)7-11(14-3)13(10)12/h5-12,15-16,19,24H,4,13-14,17H2,1-3H3;10-11,13H,7-9H2,1-6H3;9,12H,5-8H2,1-4H3;8-10H,4-7H2,1-3H3;8-9,11H,4-7H2,1-3H3;7-8,10H,4-6H2,1-3H3/t19-;13-;12-;10-;11-;10-/m111111/s1. The first kappa shape index (κ1) is 89.1. The van der Waals surface area contributed by atoms with Crippen molar-refractivity contribution < 1.29 is 57.0 Å². The summed E-state index contributed by atoms with van der Waals surface area (Å²) in [5.41, 5.74) is 26.0. The van der Waals surface area contributed by atoms with Gasteiger partial charge in [0.15, 0.2) is 0 Å². The van der Waals surface area contributed by atoms with Gasteiger partial charge in [0.1, 0.15) is 58.2 Å². The highest BCUT2D eigenvalue weighted by molar-refractivity contribution is 5.92. The molecule has 0 N–H and O–H groups in total. The highest BCUT2D eigenvalue weighted by Gasteiger charge is 2.37. The van der Waals surface area contributed by atoms with Crippen LogP contribution in [0.2, 0.25) is 0 Å². The van der Waals surface area contributed by atoms with Crippen LogP contribution in [0, 0.1) is 41.5 Å². The summed E-state index contributed by atoms with van der Waals surface area (Å²) in [5.74, 6) is 11.4. The lowest BCUT2D eigenvalue weighted by Gasteiger charge is -2.36. The van der Waals surface area contributed by atoms with E-state index >= 15 is 0 Å². The molecule has 0 saturated heterocycles. The van der Waals surface area contributed by atoms with Gasteiger partial charge in [-0.3, -0.25) is 9.80 Å². The fourth-order valence-corrected chi connectivity index (χ4v) is 19.1. The Morgan fingerprint density at radius 2 is 0.810 bits per heavy atom. The number of hydrogen-bond donors (Lipinski definition) is 0. The maximum absolute atomic E-state index is 13.3. The van der Waals surface area contributed by atoms with Crippen molar-refractivity contribution in [3.8, 4) is 57.1 Å². The van der Waals surface area contributed by atoms with Gasteiger partial charge in [-0.1, -0.05) is 102 Å². The fourth-order valence-electron chi connectivity index (χ4n) is 19.1. The van der Waals surface area contributed by atoms with Gasteiger partial charge in [0.2, 0.25) is 0 Å². The molecule has 7 aliphatic rings. The van der Waals surface area contributed by atoms with Crippen LogP contribution < -0.4 is 47.7 Å². The molecule has 8 aromatic carbocycles. The summed E-state index contributed by atoms with van der Waals surface area (Å²) in [4.78, 5) is 29.4. The third-order valence-corrected chi connectivity index (χ3v) is 25.1. The predicted molar refractivity (Wildman–Crippen MR) is 475 cm³/mol. The van der Waals surface area contributed by atoms with Crippen LogP contribution in [0.5, 0.6) is 46.0 Å². The van der Waals surface area contributed by atoms with Crippen molar-refractivity contribution in [2.75, 3.05) is 85.9 Å². The number of rotatable bonds is 15. The Hall–Kier alpha value is -9.30. The summed E-state index contributed by atoms with van der Waals surface area (Å²) in [7, 11) is 12.2. The Balaban J connectivity index is 0.000000151. The van der Waals surface area contributed by atoms with Crippen LogP contribution in [0.4, 0.5) is 21.0 Å². The molecule has 0 saturated carbocycles. The minimum absolute atomic E-state index is 0.0612. The normalized spacial score (nSPS) is 18.4. The number of amides is 2. The summed E-state index contributed by atoms with van der Waals surface area (Å²) in [6, 6.07) is 40.3. The third kappa shape index (κ3) is 20.4. The van der Waals surface area contributed by atoms with Gasteiger partial charge < -0.3 is 47.4 Å². The molecule has 626 valence electrons. The lowest BCUT2D eigenvalue weighted by molar-refractivity contribution is 0.0576. The molecule has 14 heteroatoms. The minimum atomic E-state index is -0.493. The summed E-state index contributed by atoms with van der Waals surface area (Å²) in [6.07, 6.45) is 20.7. The van der Waals surface area contributed by atoms with E-state index in [1.807, 2.05) is 53.9 Å². The molecule has 0 fully saturated rings. The van der Waals surface area contributed by atoms with Gasteiger partial charge >= 0.3 is 12.2 Å². The minimum Gasteiger partial charge on any atom is -0.497 e. The molecular formula is C102H136N2O12. The van der Waals surface area contributed by atoms with Crippen molar-refractivity contribution in [2.45, 2.75) is 266 Å². The quantitative estimate of drug-likeness (QED) is 0.0967. The van der Waals surface area contributed by atoms with Crippen LogP contribution >= 0.6 is 0 Å². The van der Waals surface area contributed by atoms with Gasteiger partial charge in [0.25, 0.3) is 0 Å². The van der Waals surface area contributed by atoms with Crippen molar-refractivity contribution in [2.24, 2.45) is 0 Å². The van der Waals surface area contributed by atoms with Crippen LogP contribution in [-0.4, -0.2) is 93.9 Å². The molecule has 0 aromatic heterocycles. The van der Waals surface area contributed by atoms with Crippen LogP contribution in [0.1, 0.15) is 295 Å². The van der Waals surface area contributed by atoms with Crippen molar-refractivity contribution in [1.29, 1.82) is 0 Å². The molecule has 2 amide bonds. The maximum Gasteiger partial charge on any atom is 0.414 e. The van der Waals surface area contributed by atoms with E-state index in [9.17, 15) is 9.59 Å². The third-order valence-electron chi connectivity index (χ3n) is 25.1. The molecule has 116 heavy (non-hydrogen) atoms. The number of ether oxygens (including phenoxy) is 10. The Kier molecular flexibility index (Phi) is 31.6. The van der Waals surface area contributed by atoms with Crippen molar-refractivity contribution in [3.05, 3.63) is 210 Å². The van der Waals surface area contributed by atoms with Crippen molar-refractivity contribution in [1.82, 2.24) is 0 Å². The Morgan fingerprint density at radius 3 is 1.27 bits per heavy atom. The number of aryl methyl sites for hydroxylation is 8. The average molecular weight is 1580 g/mol. The SMILES string of the molecule is CC[C@@H]1CCCc2cc(C)c(C)c(OC)c21.CC[C@@H]1CCCc2cc(C)cc(OC)c21.CC[C@@H]1CCCc2cc(OC)cc(OC)c21.CC[C@@H]1CCN(C(=O)OC(C)(C)C)c2cc(C)cc(OC)c21.CC[C@@H]1CCN(C(=O)OCC2c3ccccc3-c3ccccc32)c2cc(C)cc(OC)c21.CC[C@@H]1CCOc2cc(C)cc(OC)c21. The molecule has 0 radical (unpaired) electrons. The molecule has 15 rings (SSSR count).